The van der Waals surface area contributed by atoms with Crippen LogP contribution < -0.4 is 0 Å². The maximum atomic E-state index is 11.3. The van der Waals surface area contributed by atoms with Gasteiger partial charge in [-0.25, -0.2) is 4.79 Å². The number of carboxylic acid groups (broad SMARTS) is 1. The number of rotatable bonds is 3. The Balaban J connectivity index is 2.38. The second kappa shape index (κ2) is 3.86. The van der Waals surface area contributed by atoms with E-state index in [1.165, 1.54) is 0 Å². The van der Waals surface area contributed by atoms with Crippen molar-refractivity contribution in [3.8, 4) is 0 Å². The van der Waals surface area contributed by atoms with Gasteiger partial charge in [0.15, 0.2) is 0 Å². The van der Waals surface area contributed by atoms with Gasteiger partial charge in [-0.2, -0.15) is 0 Å². The summed E-state index contributed by atoms with van der Waals surface area (Å²) in [5, 5.41) is 18.9. The molecule has 0 aromatic heterocycles. The van der Waals surface area contributed by atoms with E-state index in [0.717, 1.165) is 19.3 Å². The van der Waals surface area contributed by atoms with Gasteiger partial charge in [-0.15, -0.1) is 0 Å². The van der Waals surface area contributed by atoms with E-state index in [1.807, 2.05) is 13.1 Å². The average Bonchev–Trinajstić information content (AvgIpc) is 2.40. The minimum Gasteiger partial charge on any atom is -0.478 e. The van der Waals surface area contributed by atoms with Crippen molar-refractivity contribution in [1.29, 1.82) is 0 Å². The van der Waals surface area contributed by atoms with Crippen LogP contribution in [0.4, 0.5) is 0 Å². The second-order valence-electron chi connectivity index (χ2n) is 5.05. The Hall–Kier alpha value is -0.870. The number of hydrogen-bond acceptors (Lipinski definition) is 3. The van der Waals surface area contributed by atoms with Crippen LogP contribution in [-0.4, -0.2) is 45.8 Å². The van der Waals surface area contributed by atoms with Crippen molar-refractivity contribution in [2.45, 2.75) is 50.3 Å². The molecule has 0 radical (unpaired) electrons. The lowest BCUT2D eigenvalue weighted by atomic mass is 9.81. The number of fused-ring (bicyclic) bond motifs is 2. The zero-order chi connectivity index (χ0) is 11.9. The zero-order valence-electron chi connectivity index (χ0n) is 9.81. The molecule has 0 aromatic rings. The van der Waals surface area contributed by atoms with Crippen LogP contribution in [0.5, 0.6) is 0 Å². The van der Waals surface area contributed by atoms with Crippen molar-refractivity contribution in [1.82, 2.24) is 4.90 Å². The van der Waals surface area contributed by atoms with Crippen LogP contribution in [-0.2, 0) is 4.79 Å². The molecule has 1 saturated heterocycles. The van der Waals surface area contributed by atoms with E-state index in [1.54, 1.807) is 6.92 Å². The van der Waals surface area contributed by atoms with E-state index in [4.69, 9.17) is 0 Å². The van der Waals surface area contributed by atoms with E-state index < -0.39 is 17.6 Å². The fourth-order valence-corrected chi connectivity index (χ4v) is 3.30. The van der Waals surface area contributed by atoms with Gasteiger partial charge in [0.05, 0.1) is 17.2 Å². The summed E-state index contributed by atoms with van der Waals surface area (Å²) in [4.78, 5) is 13.5. The number of nitrogens with zero attached hydrogens (tertiary/aromatic N) is 1. The molecule has 0 amide bonds. The van der Waals surface area contributed by atoms with Crippen molar-refractivity contribution in [3.05, 3.63) is 11.6 Å². The molecule has 3 unspecified atom stereocenters. The zero-order valence-corrected chi connectivity index (χ0v) is 9.81. The maximum Gasteiger partial charge on any atom is 0.333 e. The lowest BCUT2D eigenvalue weighted by Crippen LogP contribution is -2.51. The van der Waals surface area contributed by atoms with Crippen LogP contribution in [0.25, 0.3) is 0 Å². The number of aliphatic hydroxyl groups excluding tert-OH is 1. The molecular weight excluding hydrogens is 206 g/mol. The molecule has 2 heterocycles. The molecule has 2 N–H and O–H groups in total. The highest BCUT2D eigenvalue weighted by Crippen LogP contribution is 2.46. The molecule has 0 aromatic carbocycles. The number of aliphatic carboxylic acids is 1. The number of carboxylic acids is 1. The molecule has 0 aliphatic carbocycles. The predicted molar refractivity (Wildman–Crippen MR) is 60.1 cm³/mol. The SMILES string of the molecule is CC(O)CC12CCC(CC=C1C(=O)O)N2C. The van der Waals surface area contributed by atoms with Gasteiger partial charge in [-0.3, -0.25) is 4.90 Å². The number of carbonyl (C=O) groups is 1. The minimum atomic E-state index is -0.840. The average molecular weight is 225 g/mol. The summed E-state index contributed by atoms with van der Waals surface area (Å²) in [5.74, 6) is -0.840. The molecule has 16 heavy (non-hydrogen) atoms. The van der Waals surface area contributed by atoms with Crippen LogP contribution >= 0.6 is 0 Å². The monoisotopic (exact) mass is 225 g/mol. The number of hydrogen-bond donors (Lipinski definition) is 2. The van der Waals surface area contributed by atoms with Gasteiger partial charge in [0.1, 0.15) is 0 Å². The van der Waals surface area contributed by atoms with Gasteiger partial charge < -0.3 is 10.2 Å². The molecule has 0 saturated carbocycles. The van der Waals surface area contributed by atoms with Crippen molar-refractivity contribution in [2.75, 3.05) is 7.05 Å². The molecule has 90 valence electrons. The maximum absolute atomic E-state index is 11.3. The quantitative estimate of drug-likeness (QED) is 0.752. The van der Waals surface area contributed by atoms with Crippen molar-refractivity contribution in [2.24, 2.45) is 0 Å². The van der Waals surface area contributed by atoms with Gasteiger partial charge >= 0.3 is 5.97 Å². The standard InChI is InChI=1S/C12H19NO3/c1-8(14)7-12-6-5-9(13(12)2)3-4-10(12)11(15)16/h4,8-9,14H,3,5-7H2,1-2H3,(H,15,16). The molecule has 2 bridgehead atoms. The lowest BCUT2D eigenvalue weighted by molar-refractivity contribution is -0.134. The van der Waals surface area contributed by atoms with Crippen LogP contribution in [0.2, 0.25) is 0 Å². The Morgan fingerprint density at radius 1 is 1.75 bits per heavy atom. The van der Waals surface area contributed by atoms with Crippen molar-refractivity contribution < 1.29 is 15.0 Å². The molecule has 3 atom stereocenters. The Labute approximate surface area is 95.6 Å². The highest BCUT2D eigenvalue weighted by molar-refractivity contribution is 5.89. The van der Waals surface area contributed by atoms with Gasteiger partial charge in [-0.1, -0.05) is 6.08 Å². The summed E-state index contributed by atoms with van der Waals surface area (Å²) in [6, 6.07) is 0.446. The highest BCUT2D eigenvalue weighted by atomic mass is 16.4. The number of likely N-dealkylation sites (N-methyl/N-ethyl adjacent to an activating group) is 1. The first-order valence-corrected chi connectivity index (χ1v) is 5.82. The molecule has 1 fully saturated rings. The number of aliphatic hydroxyl groups is 1. The Bertz CT molecular complexity index is 337. The third-order valence-corrected chi connectivity index (χ3v) is 4.07. The molecule has 2 aliphatic heterocycles. The first kappa shape index (κ1) is 11.6. The van der Waals surface area contributed by atoms with Gasteiger partial charge in [0.25, 0.3) is 0 Å². The third kappa shape index (κ3) is 1.57. The van der Waals surface area contributed by atoms with E-state index in [2.05, 4.69) is 4.90 Å². The molecule has 4 nitrogen and oxygen atoms in total. The van der Waals surface area contributed by atoms with Gasteiger partial charge in [0, 0.05) is 6.04 Å². The van der Waals surface area contributed by atoms with Crippen LogP contribution in [0.1, 0.15) is 32.6 Å². The molecule has 0 spiro atoms. The lowest BCUT2D eigenvalue weighted by Gasteiger charge is -2.42. The predicted octanol–water partition coefficient (Wildman–Crippen LogP) is 1.00. The fourth-order valence-electron chi connectivity index (χ4n) is 3.30. The van der Waals surface area contributed by atoms with E-state index in [-0.39, 0.29) is 0 Å². The van der Waals surface area contributed by atoms with Crippen LogP contribution in [0, 0.1) is 0 Å². The third-order valence-electron chi connectivity index (χ3n) is 4.07. The summed E-state index contributed by atoms with van der Waals surface area (Å²) in [5.41, 5.74) is 0.0350. The van der Waals surface area contributed by atoms with Crippen LogP contribution in [0.15, 0.2) is 11.6 Å². The smallest absolute Gasteiger partial charge is 0.333 e. The van der Waals surface area contributed by atoms with E-state index >= 15 is 0 Å². The van der Waals surface area contributed by atoms with E-state index in [0.29, 0.717) is 18.0 Å². The summed E-state index contributed by atoms with van der Waals surface area (Å²) in [6.07, 6.45) is 4.58. The Morgan fingerprint density at radius 2 is 2.44 bits per heavy atom. The summed E-state index contributed by atoms with van der Waals surface area (Å²) in [7, 11) is 1.98. The molecule has 2 aliphatic rings. The summed E-state index contributed by atoms with van der Waals surface area (Å²) in [6.45, 7) is 1.73. The Morgan fingerprint density at radius 3 is 3.00 bits per heavy atom. The largest absolute Gasteiger partial charge is 0.478 e. The molecule has 2 rings (SSSR count). The summed E-state index contributed by atoms with van der Waals surface area (Å²) < 4.78 is 0. The molecule has 4 heteroatoms. The van der Waals surface area contributed by atoms with Crippen molar-refractivity contribution in [3.63, 3.8) is 0 Å². The first-order chi connectivity index (χ1) is 7.47. The minimum absolute atomic E-state index is 0.442. The van der Waals surface area contributed by atoms with Gasteiger partial charge in [0.2, 0.25) is 0 Å². The van der Waals surface area contributed by atoms with Crippen molar-refractivity contribution >= 4 is 5.97 Å². The fraction of sp³-hybridized carbons (Fsp3) is 0.750. The summed E-state index contributed by atoms with van der Waals surface area (Å²) >= 11 is 0. The topological polar surface area (TPSA) is 60.8 Å². The van der Waals surface area contributed by atoms with Gasteiger partial charge in [-0.05, 0) is 39.7 Å². The first-order valence-electron chi connectivity index (χ1n) is 5.82. The normalized spacial score (nSPS) is 35.9. The van der Waals surface area contributed by atoms with Crippen LogP contribution in [0.3, 0.4) is 0 Å². The second-order valence-corrected chi connectivity index (χ2v) is 5.05. The highest BCUT2D eigenvalue weighted by Gasteiger charge is 2.51. The molecular formula is C12H19NO3. The van der Waals surface area contributed by atoms with E-state index in [9.17, 15) is 15.0 Å². The Kier molecular flexibility index (Phi) is 2.80.